The number of carbonyl (C=O) groups excluding carboxylic acids is 3. The zero-order valence-corrected chi connectivity index (χ0v) is 22.6. The molecule has 4 heterocycles. The number of carbonyl (C=O) groups is 3. The smallest absolute Gasteiger partial charge is 0.358 e. The van der Waals surface area contributed by atoms with Crippen LogP contribution in [0, 0.1) is 0 Å². The number of ketones is 1. The summed E-state index contributed by atoms with van der Waals surface area (Å²) in [5.41, 5.74) is 1.90. The van der Waals surface area contributed by atoms with Crippen molar-refractivity contribution in [3.63, 3.8) is 0 Å². The largest absolute Gasteiger partial charge is 0.461 e. The van der Waals surface area contributed by atoms with Crippen molar-refractivity contribution >= 4 is 51.7 Å². The summed E-state index contributed by atoms with van der Waals surface area (Å²) >= 11 is 3.76. The van der Waals surface area contributed by atoms with Gasteiger partial charge in [0.05, 0.1) is 12.3 Å². The maximum Gasteiger partial charge on any atom is 0.358 e. The third-order valence-electron chi connectivity index (χ3n) is 4.49. The molecule has 0 aliphatic rings. The number of aromatic nitrogens is 4. The molecule has 0 amide bonds. The number of hydrogen-bond donors (Lipinski definition) is 0. The molecule has 0 radical (unpaired) electrons. The number of thiazole rings is 3. The van der Waals surface area contributed by atoms with Gasteiger partial charge < -0.3 is 9.47 Å². The molecule has 36 heavy (non-hydrogen) atoms. The van der Waals surface area contributed by atoms with E-state index in [-0.39, 0.29) is 23.8 Å². The summed E-state index contributed by atoms with van der Waals surface area (Å²) in [5, 5.41) is 6.44. The Balaban J connectivity index is 1.77. The van der Waals surface area contributed by atoms with Crippen LogP contribution in [0.25, 0.3) is 32.7 Å². The molecular weight excluding hydrogens is 520 g/mol. The zero-order valence-electron chi connectivity index (χ0n) is 20.1. The second kappa shape index (κ2) is 10.3. The summed E-state index contributed by atoms with van der Waals surface area (Å²) in [6.45, 7) is 8.81. The molecule has 0 fully saturated rings. The number of Topliss-reactive ketones (excluding diaryl/α,β-unsaturated/α-hetero) is 1. The van der Waals surface area contributed by atoms with Crippen molar-refractivity contribution in [2.75, 3.05) is 6.61 Å². The fraction of sp³-hybridized carbons (Fsp3) is 0.292. The molecular formula is C24H22N4O5S3. The second-order valence-electron chi connectivity index (χ2n) is 8.48. The number of hydrogen-bond acceptors (Lipinski definition) is 12. The molecule has 4 rings (SSSR count). The lowest BCUT2D eigenvalue weighted by Gasteiger charge is -2.18. The highest BCUT2D eigenvalue weighted by atomic mass is 32.1. The van der Waals surface area contributed by atoms with Crippen LogP contribution in [0.15, 0.2) is 28.3 Å². The Morgan fingerprint density at radius 1 is 0.833 bits per heavy atom. The predicted molar refractivity (Wildman–Crippen MR) is 139 cm³/mol. The molecule has 0 aliphatic heterocycles. The molecule has 0 saturated carbocycles. The maximum absolute atomic E-state index is 12.5. The van der Waals surface area contributed by atoms with E-state index in [0.29, 0.717) is 37.7 Å². The van der Waals surface area contributed by atoms with Crippen molar-refractivity contribution in [2.45, 2.75) is 40.2 Å². The summed E-state index contributed by atoms with van der Waals surface area (Å²) in [6.07, 6.45) is 0. The number of pyridine rings is 1. The molecule has 0 bridgehead atoms. The number of rotatable bonds is 7. The Morgan fingerprint density at radius 2 is 1.50 bits per heavy atom. The molecule has 0 aromatic carbocycles. The van der Waals surface area contributed by atoms with E-state index < -0.39 is 17.5 Å². The van der Waals surface area contributed by atoms with Crippen molar-refractivity contribution in [1.29, 1.82) is 0 Å². The van der Waals surface area contributed by atoms with Gasteiger partial charge in [-0.1, -0.05) is 0 Å². The molecule has 0 spiro atoms. The standard InChI is InChI=1S/C24H22N4O5S3/c1-6-32-22(30)16-10-36-21(28-16)14-8-7-13(18(25-14)15-9-34-19(26-15)12(2)29)20-27-17(11-35-20)23(31)33-24(3,4)5/h7-11H,6H2,1-5H3. The summed E-state index contributed by atoms with van der Waals surface area (Å²) in [4.78, 5) is 54.5. The van der Waals surface area contributed by atoms with E-state index in [0.717, 1.165) is 0 Å². The van der Waals surface area contributed by atoms with E-state index >= 15 is 0 Å². The fourth-order valence-electron chi connectivity index (χ4n) is 3.00. The van der Waals surface area contributed by atoms with Gasteiger partial charge in [0.2, 0.25) is 0 Å². The minimum absolute atomic E-state index is 0.149. The van der Waals surface area contributed by atoms with Crippen LogP contribution < -0.4 is 0 Å². The highest BCUT2D eigenvalue weighted by Crippen LogP contribution is 2.36. The van der Waals surface area contributed by atoms with Crippen LogP contribution in [-0.2, 0) is 9.47 Å². The van der Waals surface area contributed by atoms with Crippen LogP contribution in [-0.4, -0.2) is 49.9 Å². The zero-order chi connectivity index (χ0) is 26.0. The van der Waals surface area contributed by atoms with E-state index in [1.54, 1.807) is 49.9 Å². The number of esters is 2. The van der Waals surface area contributed by atoms with E-state index in [2.05, 4.69) is 15.0 Å². The Morgan fingerprint density at radius 3 is 2.14 bits per heavy atom. The highest BCUT2D eigenvalue weighted by molar-refractivity contribution is 7.14. The monoisotopic (exact) mass is 542 g/mol. The SMILES string of the molecule is CCOC(=O)c1csc(-c2ccc(-c3nc(C(=O)OC(C)(C)C)cs3)c(-c3csc(C(C)=O)n3)n2)n1. The number of ether oxygens (including phenoxy) is 2. The average Bonchev–Trinajstić information content (AvgIpc) is 3.58. The lowest BCUT2D eigenvalue weighted by atomic mass is 10.1. The van der Waals surface area contributed by atoms with Crippen LogP contribution in [0.5, 0.6) is 0 Å². The first-order valence-electron chi connectivity index (χ1n) is 10.9. The first-order chi connectivity index (χ1) is 17.1. The van der Waals surface area contributed by atoms with Gasteiger partial charge in [0.15, 0.2) is 22.2 Å². The van der Waals surface area contributed by atoms with Crippen molar-refractivity contribution in [2.24, 2.45) is 0 Å². The van der Waals surface area contributed by atoms with Crippen LogP contribution in [0.3, 0.4) is 0 Å². The molecule has 0 N–H and O–H groups in total. The van der Waals surface area contributed by atoms with Gasteiger partial charge in [0.25, 0.3) is 0 Å². The molecule has 4 aromatic heterocycles. The molecule has 0 unspecified atom stereocenters. The van der Waals surface area contributed by atoms with Crippen LogP contribution in [0.2, 0.25) is 0 Å². The minimum atomic E-state index is -0.644. The van der Waals surface area contributed by atoms with Gasteiger partial charge in [0, 0.05) is 28.6 Å². The normalized spacial score (nSPS) is 11.4. The molecule has 0 aliphatic carbocycles. The van der Waals surface area contributed by atoms with Gasteiger partial charge >= 0.3 is 11.9 Å². The molecule has 0 atom stereocenters. The lowest BCUT2D eigenvalue weighted by molar-refractivity contribution is 0.00634. The fourth-order valence-corrected chi connectivity index (χ4v) is 5.28. The Bertz CT molecular complexity index is 1450. The Hall–Kier alpha value is -3.35. The summed E-state index contributed by atoms with van der Waals surface area (Å²) in [7, 11) is 0. The van der Waals surface area contributed by atoms with E-state index in [4.69, 9.17) is 14.5 Å². The molecule has 186 valence electrons. The van der Waals surface area contributed by atoms with Gasteiger partial charge in [-0.25, -0.2) is 29.5 Å². The molecule has 4 aromatic rings. The molecule has 9 nitrogen and oxygen atoms in total. The first-order valence-corrected chi connectivity index (χ1v) is 13.5. The average molecular weight is 543 g/mol. The van der Waals surface area contributed by atoms with Crippen molar-refractivity contribution in [3.05, 3.63) is 44.7 Å². The summed E-state index contributed by atoms with van der Waals surface area (Å²) in [6, 6.07) is 3.58. The second-order valence-corrected chi connectivity index (χ2v) is 11.1. The van der Waals surface area contributed by atoms with Gasteiger partial charge in [0.1, 0.15) is 27.0 Å². The van der Waals surface area contributed by atoms with E-state index in [9.17, 15) is 14.4 Å². The predicted octanol–water partition coefficient (Wildman–Crippen LogP) is 5.79. The van der Waals surface area contributed by atoms with Crippen molar-refractivity contribution < 1.29 is 23.9 Å². The topological polar surface area (TPSA) is 121 Å². The summed E-state index contributed by atoms with van der Waals surface area (Å²) in [5.74, 6) is -1.16. The van der Waals surface area contributed by atoms with Crippen LogP contribution in [0.4, 0.5) is 0 Å². The lowest BCUT2D eigenvalue weighted by Crippen LogP contribution is -2.24. The maximum atomic E-state index is 12.5. The van der Waals surface area contributed by atoms with Crippen molar-refractivity contribution in [3.8, 4) is 32.7 Å². The van der Waals surface area contributed by atoms with Crippen LogP contribution in [0.1, 0.15) is 65.4 Å². The minimum Gasteiger partial charge on any atom is -0.461 e. The van der Waals surface area contributed by atoms with Crippen molar-refractivity contribution in [1.82, 2.24) is 19.9 Å². The first kappa shape index (κ1) is 25.7. The van der Waals surface area contributed by atoms with Crippen LogP contribution >= 0.6 is 34.0 Å². The Labute approximate surface area is 219 Å². The quantitative estimate of drug-likeness (QED) is 0.211. The molecule has 0 saturated heterocycles. The van der Waals surface area contributed by atoms with Gasteiger partial charge in [-0.05, 0) is 39.8 Å². The van der Waals surface area contributed by atoms with E-state index in [1.165, 1.54) is 40.9 Å². The highest BCUT2D eigenvalue weighted by Gasteiger charge is 2.23. The third kappa shape index (κ3) is 5.72. The Kier molecular flexibility index (Phi) is 7.38. The summed E-state index contributed by atoms with van der Waals surface area (Å²) < 4.78 is 10.5. The van der Waals surface area contributed by atoms with Gasteiger partial charge in [-0.15, -0.1) is 34.0 Å². The number of nitrogens with zero attached hydrogens (tertiary/aromatic N) is 4. The molecule has 12 heteroatoms. The third-order valence-corrected chi connectivity index (χ3v) is 7.18. The van der Waals surface area contributed by atoms with Gasteiger partial charge in [-0.3, -0.25) is 4.79 Å². The van der Waals surface area contributed by atoms with E-state index in [1.807, 2.05) is 6.07 Å². The van der Waals surface area contributed by atoms with Gasteiger partial charge in [-0.2, -0.15) is 0 Å².